The third kappa shape index (κ3) is 3.97. The highest BCUT2D eigenvalue weighted by Gasteiger charge is 2.08. The lowest BCUT2D eigenvalue weighted by Crippen LogP contribution is -1.96. The lowest BCUT2D eigenvalue weighted by molar-refractivity contribution is 0.296. The molecule has 0 aliphatic carbocycles. The summed E-state index contributed by atoms with van der Waals surface area (Å²) < 4.78 is 0. The van der Waals surface area contributed by atoms with Crippen LogP contribution in [0.5, 0.6) is 0 Å². The summed E-state index contributed by atoms with van der Waals surface area (Å²) in [6.45, 7) is 2.32. The Morgan fingerprint density at radius 2 is 2.27 bits per heavy atom. The monoisotopic (exact) mass is 246 g/mol. The number of nitrogens with zero attached hydrogens (tertiary/aromatic N) is 2. The second kappa shape index (κ2) is 7.04. The zero-order valence-electron chi connectivity index (χ0n) is 8.74. The summed E-state index contributed by atoms with van der Waals surface area (Å²) in [5.41, 5.74) is 1.03. The van der Waals surface area contributed by atoms with Crippen molar-refractivity contribution in [3.63, 3.8) is 0 Å². The number of halogens is 1. The van der Waals surface area contributed by atoms with Crippen molar-refractivity contribution in [3.8, 4) is 0 Å². The number of aliphatic hydroxyl groups is 1. The average Bonchev–Trinajstić information content (AvgIpc) is 2.23. The van der Waals surface area contributed by atoms with Crippen molar-refractivity contribution >= 4 is 23.4 Å². The van der Waals surface area contributed by atoms with Gasteiger partial charge in [0, 0.05) is 17.9 Å². The first kappa shape index (κ1) is 12.7. The summed E-state index contributed by atoms with van der Waals surface area (Å²) in [6, 6.07) is 0. The van der Waals surface area contributed by atoms with Crippen molar-refractivity contribution in [1.29, 1.82) is 0 Å². The van der Waals surface area contributed by atoms with Crippen LogP contribution >= 0.6 is 23.4 Å². The molecule has 0 radical (unpaired) electrons. The fourth-order valence-corrected chi connectivity index (χ4v) is 2.44. The minimum Gasteiger partial charge on any atom is -0.396 e. The quantitative estimate of drug-likeness (QED) is 0.476. The number of hydrogen-bond acceptors (Lipinski definition) is 4. The zero-order chi connectivity index (χ0) is 11.1. The summed E-state index contributed by atoms with van der Waals surface area (Å²) in [4.78, 5) is 8.19. The molecule has 1 rings (SSSR count). The Morgan fingerprint density at radius 1 is 1.47 bits per heavy atom. The maximum absolute atomic E-state index is 8.70. The van der Waals surface area contributed by atoms with E-state index in [1.807, 2.05) is 0 Å². The van der Waals surface area contributed by atoms with Gasteiger partial charge in [0.2, 0.25) is 0 Å². The van der Waals surface area contributed by atoms with Crippen LogP contribution in [0, 0.1) is 0 Å². The molecule has 1 aromatic rings. The van der Waals surface area contributed by atoms with Gasteiger partial charge in [-0.25, -0.2) is 9.97 Å². The van der Waals surface area contributed by atoms with E-state index >= 15 is 0 Å². The lowest BCUT2D eigenvalue weighted by atomic mass is 10.2. The number of hydrogen-bond donors (Lipinski definition) is 1. The van der Waals surface area contributed by atoms with Crippen LogP contribution in [-0.2, 0) is 6.42 Å². The number of thioether (sulfide) groups is 1. The van der Waals surface area contributed by atoms with Crippen LogP contribution in [0.4, 0.5) is 0 Å². The van der Waals surface area contributed by atoms with E-state index in [4.69, 9.17) is 16.7 Å². The molecule has 0 aliphatic heterocycles. The van der Waals surface area contributed by atoms with Gasteiger partial charge in [-0.15, -0.1) is 11.8 Å². The van der Waals surface area contributed by atoms with Crippen LogP contribution in [0.3, 0.4) is 0 Å². The summed E-state index contributed by atoms with van der Waals surface area (Å²) >= 11 is 7.64. The van der Waals surface area contributed by atoms with Crippen molar-refractivity contribution in [2.75, 3.05) is 12.4 Å². The van der Waals surface area contributed by atoms with Gasteiger partial charge in [-0.05, 0) is 12.8 Å². The fraction of sp³-hybridized carbons (Fsp3) is 0.600. The molecule has 0 saturated carbocycles. The van der Waals surface area contributed by atoms with Gasteiger partial charge in [0.1, 0.15) is 16.5 Å². The van der Waals surface area contributed by atoms with Crippen molar-refractivity contribution < 1.29 is 5.11 Å². The fourth-order valence-electron chi connectivity index (χ4n) is 1.19. The predicted molar refractivity (Wildman–Crippen MR) is 63.5 cm³/mol. The smallest absolute Gasteiger partial charge is 0.136 e. The molecule has 1 N–H and O–H groups in total. The van der Waals surface area contributed by atoms with Gasteiger partial charge in [-0.2, -0.15) is 0 Å². The Labute approximate surface area is 99.3 Å². The lowest BCUT2D eigenvalue weighted by Gasteiger charge is -2.07. The number of aliphatic hydroxyl groups excluding tert-OH is 1. The average molecular weight is 247 g/mol. The van der Waals surface area contributed by atoms with E-state index in [1.165, 1.54) is 6.33 Å². The van der Waals surface area contributed by atoms with Gasteiger partial charge in [0.05, 0.1) is 0 Å². The van der Waals surface area contributed by atoms with E-state index in [0.717, 1.165) is 35.6 Å². The summed E-state index contributed by atoms with van der Waals surface area (Å²) in [5.74, 6) is 0.862. The summed E-state index contributed by atoms with van der Waals surface area (Å²) in [5, 5.41) is 10.2. The molecule has 0 amide bonds. The first-order valence-electron chi connectivity index (χ1n) is 5.02. The van der Waals surface area contributed by atoms with Gasteiger partial charge in [0.25, 0.3) is 0 Å². The Morgan fingerprint density at radius 3 is 2.93 bits per heavy atom. The first-order valence-corrected chi connectivity index (χ1v) is 6.39. The molecule has 0 bridgehead atoms. The molecule has 0 unspecified atom stereocenters. The molecule has 15 heavy (non-hydrogen) atoms. The highest BCUT2D eigenvalue weighted by molar-refractivity contribution is 7.99. The summed E-state index contributed by atoms with van der Waals surface area (Å²) in [6.07, 6.45) is 4.20. The second-order valence-electron chi connectivity index (χ2n) is 3.12. The standard InChI is InChI=1S/C10H15ClN2OS/c1-2-4-8-9(11)12-7-13-10(8)15-6-3-5-14/h7,14H,2-6H2,1H3. The number of rotatable bonds is 6. The molecule has 0 spiro atoms. The van der Waals surface area contributed by atoms with Crippen molar-refractivity contribution in [1.82, 2.24) is 9.97 Å². The predicted octanol–water partition coefficient (Wildman–Crippen LogP) is 2.56. The topological polar surface area (TPSA) is 46.0 Å². The zero-order valence-corrected chi connectivity index (χ0v) is 10.3. The molecule has 84 valence electrons. The normalized spacial score (nSPS) is 10.6. The highest BCUT2D eigenvalue weighted by Crippen LogP contribution is 2.26. The van der Waals surface area contributed by atoms with E-state index in [2.05, 4.69) is 16.9 Å². The van der Waals surface area contributed by atoms with Crippen molar-refractivity contribution in [2.24, 2.45) is 0 Å². The minimum atomic E-state index is 0.217. The molecule has 5 heteroatoms. The van der Waals surface area contributed by atoms with Crippen LogP contribution in [-0.4, -0.2) is 27.4 Å². The molecule has 3 nitrogen and oxygen atoms in total. The molecule has 0 aromatic carbocycles. The third-order valence-corrected chi connectivity index (χ3v) is 3.34. The second-order valence-corrected chi connectivity index (χ2v) is 4.57. The maximum Gasteiger partial charge on any atom is 0.136 e. The van der Waals surface area contributed by atoms with Crippen LogP contribution in [0.2, 0.25) is 5.15 Å². The van der Waals surface area contributed by atoms with E-state index in [-0.39, 0.29) is 6.61 Å². The van der Waals surface area contributed by atoms with E-state index in [0.29, 0.717) is 5.15 Å². The van der Waals surface area contributed by atoms with Gasteiger partial charge >= 0.3 is 0 Å². The molecule has 1 heterocycles. The first-order chi connectivity index (χ1) is 7.29. The van der Waals surface area contributed by atoms with Crippen LogP contribution < -0.4 is 0 Å². The largest absolute Gasteiger partial charge is 0.396 e. The molecule has 0 atom stereocenters. The molecular weight excluding hydrogens is 232 g/mol. The van der Waals surface area contributed by atoms with Crippen LogP contribution in [0.25, 0.3) is 0 Å². The Kier molecular flexibility index (Phi) is 5.98. The molecular formula is C10H15ClN2OS. The van der Waals surface area contributed by atoms with E-state index in [1.54, 1.807) is 11.8 Å². The van der Waals surface area contributed by atoms with Crippen molar-refractivity contribution in [3.05, 3.63) is 17.0 Å². The van der Waals surface area contributed by atoms with Crippen LogP contribution in [0.1, 0.15) is 25.3 Å². The molecule has 0 fully saturated rings. The van der Waals surface area contributed by atoms with Gasteiger partial charge < -0.3 is 5.11 Å². The summed E-state index contributed by atoms with van der Waals surface area (Å²) in [7, 11) is 0. The van der Waals surface area contributed by atoms with Gasteiger partial charge in [-0.1, -0.05) is 24.9 Å². The highest BCUT2D eigenvalue weighted by atomic mass is 35.5. The van der Waals surface area contributed by atoms with Crippen LogP contribution in [0.15, 0.2) is 11.4 Å². The van der Waals surface area contributed by atoms with Gasteiger partial charge in [-0.3, -0.25) is 0 Å². The number of aromatic nitrogens is 2. The van der Waals surface area contributed by atoms with E-state index < -0.39 is 0 Å². The Balaban J connectivity index is 2.71. The van der Waals surface area contributed by atoms with Gasteiger partial charge in [0.15, 0.2) is 0 Å². The minimum absolute atomic E-state index is 0.217. The molecule has 1 aromatic heterocycles. The Bertz CT molecular complexity index is 309. The maximum atomic E-state index is 8.70. The van der Waals surface area contributed by atoms with E-state index in [9.17, 15) is 0 Å². The molecule has 0 saturated heterocycles. The SMILES string of the molecule is CCCc1c(Cl)ncnc1SCCCO. The van der Waals surface area contributed by atoms with Crippen molar-refractivity contribution in [2.45, 2.75) is 31.2 Å². The Hall–Kier alpha value is -0.320. The molecule has 0 aliphatic rings. The third-order valence-electron chi connectivity index (χ3n) is 1.89.